The number of rotatable bonds is 0. The third-order valence-corrected chi connectivity index (χ3v) is 1.98. The Balaban J connectivity index is 2.63. The molecule has 1 heterocycles. The molecule has 5 atom stereocenters. The van der Waals surface area contributed by atoms with Gasteiger partial charge in [0.15, 0.2) is 0 Å². The monoisotopic (exact) mass is 162 g/mol. The summed E-state index contributed by atoms with van der Waals surface area (Å²) in [4.78, 5) is 0. The molecule has 0 aliphatic carbocycles. The highest BCUT2D eigenvalue weighted by molar-refractivity contribution is 4.90. The van der Waals surface area contributed by atoms with Gasteiger partial charge in [0.1, 0.15) is 12.3 Å². The first-order valence-electron chi connectivity index (χ1n) is 3.57. The molecule has 6 N–H and O–H groups in total. The van der Waals surface area contributed by atoms with Crippen molar-refractivity contribution in [3.63, 3.8) is 0 Å². The summed E-state index contributed by atoms with van der Waals surface area (Å²) in [5.41, 5.74) is 10.8. The lowest BCUT2D eigenvalue weighted by atomic mass is 9.97. The summed E-state index contributed by atoms with van der Waals surface area (Å²) in [5.74, 6) is 0. The summed E-state index contributed by atoms with van der Waals surface area (Å²) < 4.78 is 4.98. The molecular formula is C6H14N2O3. The molecule has 0 aromatic carbocycles. The summed E-state index contributed by atoms with van der Waals surface area (Å²) in [6.45, 7) is 1.66. The Labute approximate surface area is 64.9 Å². The van der Waals surface area contributed by atoms with Crippen LogP contribution in [0.1, 0.15) is 6.92 Å². The lowest BCUT2D eigenvalue weighted by Gasteiger charge is -2.38. The van der Waals surface area contributed by atoms with Crippen molar-refractivity contribution in [1.82, 2.24) is 0 Å². The number of hydrogen-bond acceptors (Lipinski definition) is 5. The number of hydrogen-bond donors (Lipinski definition) is 4. The van der Waals surface area contributed by atoms with Gasteiger partial charge in [0, 0.05) is 0 Å². The van der Waals surface area contributed by atoms with E-state index in [2.05, 4.69) is 0 Å². The fourth-order valence-corrected chi connectivity index (χ4v) is 1.14. The third kappa shape index (κ3) is 1.52. The van der Waals surface area contributed by atoms with Gasteiger partial charge in [-0.1, -0.05) is 0 Å². The average Bonchev–Trinajstić information content (AvgIpc) is 1.97. The lowest BCUT2D eigenvalue weighted by molar-refractivity contribution is -0.169. The van der Waals surface area contributed by atoms with E-state index in [0.717, 1.165) is 0 Å². The molecule has 11 heavy (non-hydrogen) atoms. The lowest BCUT2D eigenvalue weighted by Crippen LogP contribution is -2.62. The molecule has 0 amide bonds. The smallest absolute Gasteiger partial charge is 0.133 e. The highest BCUT2D eigenvalue weighted by Gasteiger charge is 2.38. The van der Waals surface area contributed by atoms with Crippen molar-refractivity contribution in [3.8, 4) is 0 Å². The van der Waals surface area contributed by atoms with Gasteiger partial charge in [-0.15, -0.1) is 0 Å². The SMILES string of the molecule is CC1OC(N)C(O)C(N)C1O. The normalized spacial score (nSPS) is 52.6. The van der Waals surface area contributed by atoms with Crippen LogP contribution in [-0.4, -0.2) is 40.8 Å². The second kappa shape index (κ2) is 3.04. The molecule has 1 saturated heterocycles. The number of nitrogens with two attached hydrogens (primary N) is 2. The predicted octanol–water partition coefficient (Wildman–Crippen LogP) is -2.26. The first kappa shape index (κ1) is 8.89. The van der Waals surface area contributed by atoms with E-state index in [0.29, 0.717) is 0 Å². The molecule has 66 valence electrons. The predicted molar refractivity (Wildman–Crippen MR) is 38.5 cm³/mol. The van der Waals surface area contributed by atoms with Crippen molar-refractivity contribution in [1.29, 1.82) is 0 Å². The Morgan fingerprint density at radius 1 is 1.18 bits per heavy atom. The maximum atomic E-state index is 9.27. The Morgan fingerprint density at radius 3 is 2.27 bits per heavy atom. The number of aliphatic hydroxyl groups excluding tert-OH is 2. The summed E-state index contributed by atoms with van der Waals surface area (Å²) in [7, 11) is 0. The molecule has 1 aliphatic heterocycles. The van der Waals surface area contributed by atoms with Gasteiger partial charge in [0.05, 0.1) is 18.2 Å². The quantitative estimate of drug-likeness (QED) is 0.322. The maximum Gasteiger partial charge on any atom is 0.133 e. The van der Waals surface area contributed by atoms with E-state index in [1.165, 1.54) is 0 Å². The van der Waals surface area contributed by atoms with E-state index < -0.39 is 30.6 Å². The Hall–Kier alpha value is -0.200. The Morgan fingerprint density at radius 2 is 1.73 bits per heavy atom. The minimum absolute atomic E-state index is 0.414. The zero-order valence-electron chi connectivity index (χ0n) is 6.34. The van der Waals surface area contributed by atoms with Gasteiger partial charge in [-0.25, -0.2) is 0 Å². The molecule has 1 fully saturated rings. The molecule has 0 aromatic heterocycles. The van der Waals surface area contributed by atoms with Gasteiger partial charge in [-0.05, 0) is 6.92 Å². The van der Waals surface area contributed by atoms with Crippen LogP contribution in [0.2, 0.25) is 0 Å². The molecule has 5 heteroatoms. The van der Waals surface area contributed by atoms with Crippen LogP contribution in [0, 0.1) is 0 Å². The topological polar surface area (TPSA) is 102 Å². The molecule has 0 spiro atoms. The zero-order chi connectivity index (χ0) is 8.59. The summed E-state index contributed by atoms with van der Waals surface area (Å²) in [6, 6.07) is -0.714. The fraction of sp³-hybridized carbons (Fsp3) is 1.00. The van der Waals surface area contributed by atoms with Crippen molar-refractivity contribution < 1.29 is 14.9 Å². The standard InChI is InChI=1S/C6H14N2O3/c1-2-4(9)3(7)5(10)6(8)11-2/h2-6,9-10H,7-8H2,1H3. The van der Waals surface area contributed by atoms with Crippen LogP contribution in [0.3, 0.4) is 0 Å². The highest BCUT2D eigenvalue weighted by Crippen LogP contribution is 2.15. The van der Waals surface area contributed by atoms with Crippen molar-refractivity contribution >= 4 is 0 Å². The van der Waals surface area contributed by atoms with Crippen LogP contribution in [0.5, 0.6) is 0 Å². The van der Waals surface area contributed by atoms with Crippen molar-refractivity contribution in [3.05, 3.63) is 0 Å². The van der Waals surface area contributed by atoms with Gasteiger partial charge in [0.25, 0.3) is 0 Å². The second-order valence-corrected chi connectivity index (χ2v) is 2.86. The van der Waals surface area contributed by atoms with Gasteiger partial charge in [-0.2, -0.15) is 0 Å². The fourth-order valence-electron chi connectivity index (χ4n) is 1.14. The van der Waals surface area contributed by atoms with Crippen LogP contribution >= 0.6 is 0 Å². The van der Waals surface area contributed by atoms with E-state index in [1.54, 1.807) is 6.92 Å². The number of ether oxygens (including phenoxy) is 1. The van der Waals surface area contributed by atoms with E-state index in [9.17, 15) is 10.2 Å². The average molecular weight is 162 g/mol. The Kier molecular flexibility index (Phi) is 2.46. The number of aliphatic hydroxyl groups is 2. The van der Waals surface area contributed by atoms with Crippen molar-refractivity contribution in [2.75, 3.05) is 0 Å². The van der Waals surface area contributed by atoms with Gasteiger partial charge in [0.2, 0.25) is 0 Å². The molecule has 5 nitrogen and oxygen atoms in total. The summed E-state index contributed by atoms with van der Waals surface area (Å²) in [6.07, 6.45) is -3.03. The van der Waals surface area contributed by atoms with Gasteiger partial charge < -0.3 is 26.4 Å². The summed E-state index contributed by atoms with van der Waals surface area (Å²) in [5, 5.41) is 18.5. The van der Waals surface area contributed by atoms with E-state index in [1.807, 2.05) is 0 Å². The van der Waals surface area contributed by atoms with Gasteiger partial charge >= 0.3 is 0 Å². The summed E-state index contributed by atoms with van der Waals surface area (Å²) >= 11 is 0. The second-order valence-electron chi connectivity index (χ2n) is 2.86. The van der Waals surface area contributed by atoms with E-state index >= 15 is 0 Å². The Bertz CT molecular complexity index is 130. The molecule has 0 saturated carbocycles. The van der Waals surface area contributed by atoms with Gasteiger partial charge in [-0.3, -0.25) is 0 Å². The maximum absolute atomic E-state index is 9.27. The molecule has 0 radical (unpaired) electrons. The molecular weight excluding hydrogens is 148 g/mol. The molecule has 1 aliphatic rings. The van der Waals surface area contributed by atoms with Crippen LogP contribution < -0.4 is 11.5 Å². The van der Waals surface area contributed by atoms with E-state index in [4.69, 9.17) is 16.2 Å². The highest BCUT2D eigenvalue weighted by atomic mass is 16.5. The largest absolute Gasteiger partial charge is 0.389 e. The molecule has 0 bridgehead atoms. The van der Waals surface area contributed by atoms with Crippen LogP contribution in [0.4, 0.5) is 0 Å². The van der Waals surface area contributed by atoms with Crippen LogP contribution in [0.15, 0.2) is 0 Å². The molecule has 5 unspecified atom stereocenters. The van der Waals surface area contributed by atoms with Crippen molar-refractivity contribution in [2.24, 2.45) is 11.5 Å². The zero-order valence-corrected chi connectivity index (χ0v) is 6.34. The van der Waals surface area contributed by atoms with Crippen LogP contribution in [0.25, 0.3) is 0 Å². The first-order chi connectivity index (χ1) is 5.04. The minimum atomic E-state index is -0.985. The van der Waals surface area contributed by atoms with Crippen LogP contribution in [-0.2, 0) is 4.74 Å². The first-order valence-corrected chi connectivity index (χ1v) is 3.57. The van der Waals surface area contributed by atoms with Crippen molar-refractivity contribution in [2.45, 2.75) is 37.5 Å². The molecule has 0 aromatic rings. The van der Waals surface area contributed by atoms with E-state index in [-0.39, 0.29) is 0 Å². The third-order valence-electron chi connectivity index (χ3n) is 1.98. The minimum Gasteiger partial charge on any atom is -0.389 e. The molecule has 1 rings (SSSR count).